The molecule has 2 aliphatic rings. The van der Waals surface area contributed by atoms with Crippen LogP contribution >= 0.6 is 0 Å². The Kier molecular flexibility index (Phi) is 4.69. The van der Waals surface area contributed by atoms with E-state index >= 15 is 0 Å². The monoisotopic (exact) mass is 508 g/mol. The molecule has 0 saturated carbocycles. The molecule has 7 nitrogen and oxygen atoms in total. The molecule has 0 saturated heterocycles. The molecule has 8 bridgehead atoms. The summed E-state index contributed by atoms with van der Waals surface area (Å²) in [5.41, 5.74) is 8.65. The third kappa shape index (κ3) is 3.67. The van der Waals surface area contributed by atoms with Crippen LogP contribution in [0.4, 0.5) is 0 Å². The molecule has 0 fully saturated rings. The minimum absolute atomic E-state index is 0.647. The number of fused-ring (bicyclic) bond motifs is 8. The molecule has 0 radical (unpaired) electrons. The van der Waals surface area contributed by atoms with Gasteiger partial charge in [0.25, 0.3) is 0 Å². The van der Waals surface area contributed by atoms with Gasteiger partial charge in [-0.05, 0) is 91.0 Å². The van der Waals surface area contributed by atoms with Crippen molar-refractivity contribution < 1.29 is 13.3 Å². The van der Waals surface area contributed by atoms with E-state index < -0.39 is 0 Å². The first kappa shape index (κ1) is 21.5. The van der Waals surface area contributed by atoms with Crippen molar-refractivity contribution in [3.05, 3.63) is 114 Å². The Hall–Kier alpha value is -5.56. The normalized spacial score (nSPS) is 12.4. The van der Waals surface area contributed by atoms with Crippen LogP contribution in [0.3, 0.4) is 0 Å². The summed E-state index contributed by atoms with van der Waals surface area (Å²) in [6, 6.07) is 23.7. The van der Waals surface area contributed by atoms with Crippen LogP contribution in [-0.2, 0) is 0 Å². The van der Waals surface area contributed by atoms with Gasteiger partial charge in [-0.2, -0.15) is 0 Å². The Morgan fingerprint density at radius 3 is 1.49 bits per heavy atom. The topological polar surface area (TPSA) is 85.9 Å². The Balaban J connectivity index is 1.62. The van der Waals surface area contributed by atoms with E-state index in [1.165, 1.54) is 0 Å². The van der Waals surface area contributed by atoms with Crippen molar-refractivity contribution in [3.8, 4) is 28.5 Å². The summed E-state index contributed by atoms with van der Waals surface area (Å²) in [5.74, 6) is 2.05. The fourth-order valence-electron chi connectivity index (χ4n) is 5.17. The number of H-pyrrole nitrogens is 1. The smallest absolute Gasteiger partial charge is 0.204 e. The summed E-state index contributed by atoms with van der Waals surface area (Å²) in [6.45, 7) is 0. The molecule has 8 rings (SSSR count). The molecule has 8 heterocycles. The lowest BCUT2D eigenvalue weighted by atomic mass is 10.1. The van der Waals surface area contributed by atoms with E-state index in [1.807, 2.05) is 97.1 Å². The minimum Gasteiger partial charge on any atom is -0.464 e. The van der Waals surface area contributed by atoms with Gasteiger partial charge in [0.15, 0.2) is 0 Å². The van der Waals surface area contributed by atoms with Gasteiger partial charge in [-0.1, -0.05) is 0 Å². The molecular weight excluding hydrogens is 488 g/mol. The van der Waals surface area contributed by atoms with Crippen LogP contribution in [0.1, 0.15) is 22.8 Å². The van der Waals surface area contributed by atoms with Crippen molar-refractivity contribution in [2.75, 3.05) is 0 Å². The van der Waals surface area contributed by atoms with E-state index in [1.54, 1.807) is 18.8 Å². The largest absolute Gasteiger partial charge is 0.464 e. The third-order valence-corrected chi connectivity index (χ3v) is 6.78. The Labute approximate surface area is 222 Å². The first-order chi connectivity index (χ1) is 19.3. The molecule has 0 unspecified atom stereocenters. The average molecular weight is 509 g/mol. The zero-order valence-electron chi connectivity index (χ0n) is 20.5. The molecule has 6 aromatic heterocycles. The van der Waals surface area contributed by atoms with E-state index in [2.05, 4.69) is 9.55 Å². The molecule has 186 valence electrons. The number of aromatic amines is 1. The highest BCUT2D eigenvalue weighted by Gasteiger charge is 2.25. The predicted molar refractivity (Wildman–Crippen MR) is 152 cm³/mol. The standard InChI is InChI=1S/C32H20N4O3/c1-4-28(37-13-1)31-26-18-24-11-9-22(34-24)16-20-7-8-21(33-20)17-23-10-12-25(35-23)19-27(32(31)29-5-2-14-38-29)36(26)30-6-3-15-39-30/h1-19,33H. The number of nitrogens with zero attached hydrogens (tertiary/aromatic N) is 3. The maximum Gasteiger partial charge on any atom is 0.204 e. The fraction of sp³-hybridized carbons (Fsp3) is 0. The van der Waals surface area contributed by atoms with Crippen molar-refractivity contribution in [2.45, 2.75) is 0 Å². The van der Waals surface area contributed by atoms with Gasteiger partial charge in [0.05, 0.1) is 63.7 Å². The van der Waals surface area contributed by atoms with Crippen LogP contribution in [0.2, 0.25) is 0 Å². The highest BCUT2D eigenvalue weighted by molar-refractivity contribution is 6.03. The summed E-state index contributed by atoms with van der Waals surface area (Å²) >= 11 is 0. The van der Waals surface area contributed by atoms with Gasteiger partial charge in [0, 0.05) is 17.1 Å². The molecule has 0 atom stereocenters. The van der Waals surface area contributed by atoms with Gasteiger partial charge in [0.1, 0.15) is 11.5 Å². The lowest BCUT2D eigenvalue weighted by molar-refractivity contribution is 0.546. The number of hydrogen-bond donors (Lipinski definition) is 1. The van der Waals surface area contributed by atoms with Crippen LogP contribution in [0.5, 0.6) is 0 Å². The highest BCUT2D eigenvalue weighted by Crippen LogP contribution is 2.43. The third-order valence-electron chi connectivity index (χ3n) is 6.78. The first-order valence-corrected chi connectivity index (χ1v) is 12.5. The number of furan rings is 3. The van der Waals surface area contributed by atoms with Gasteiger partial charge in [-0.25, -0.2) is 9.97 Å². The maximum absolute atomic E-state index is 5.99. The molecule has 0 aromatic carbocycles. The lowest BCUT2D eigenvalue weighted by Gasteiger charge is -2.03. The van der Waals surface area contributed by atoms with E-state index in [0.29, 0.717) is 17.4 Å². The SMILES string of the molecule is C1=Cc2cc3c(-c4ccco4)c(-c4ccco4)c(cc4nc(cc5ccc(cc1n2)[nH]5)C=C4)n3-c1ccco1. The molecule has 39 heavy (non-hydrogen) atoms. The average Bonchev–Trinajstić information content (AvgIpc) is 3.77. The van der Waals surface area contributed by atoms with Gasteiger partial charge in [0.2, 0.25) is 5.88 Å². The van der Waals surface area contributed by atoms with Gasteiger partial charge >= 0.3 is 0 Å². The lowest BCUT2D eigenvalue weighted by Crippen LogP contribution is -1.92. The van der Waals surface area contributed by atoms with Crippen molar-refractivity contribution in [3.63, 3.8) is 0 Å². The summed E-state index contributed by atoms with van der Waals surface area (Å²) in [4.78, 5) is 13.2. The zero-order chi connectivity index (χ0) is 25.8. The fourth-order valence-corrected chi connectivity index (χ4v) is 5.17. The van der Waals surface area contributed by atoms with Crippen molar-refractivity contribution in [2.24, 2.45) is 0 Å². The van der Waals surface area contributed by atoms with Crippen LogP contribution < -0.4 is 0 Å². The predicted octanol–water partition coefficient (Wildman–Crippen LogP) is 8.23. The van der Waals surface area contributed by atoms with Crippen LogP contribution in [-0.4, -0.2) is 19.5 Å². The Morgan fingerprint density at radius 2 is 1.03 bits per heavy atom. The van der Waals surface area contributed by atoms with E-state index in [9.17, 15) is 0 Å². The summed E-state index contributed by atoms with van der Waals surface area (Å²) in [5, 5.41) is 0. The van der Waals surface area contributed by atoms with Crippen LogP contribution in [0.25, 0.3) is 74.9 Å². The summed E-state index contributed by atoms with van der Waals surface area (Å²) in [6.07, 6.45) is 13.0. The first-order valence-electron chi connectivity index (χ1n) is 12.5. The second kappa shape index (κ2) is 8.49. The van der Waals surface area contributed by atoms with Crippen LogP contribution in [0.15, 0.2) is 105 Å². The number of nitrogens with one attached hydrogen (secondary N) is 1. The molecule has 0 spiro atoms. The highest BCUT2D eigenvalue weighted by atomic mass is 16.3. The molecule has 1 N–H and O–H groups in total. The van der Waals surface area contributed by atoms with E-state index in [0.717, 1.165) is 56.0 Å². The summed E-state index contributed by atoms with van der Waals surface area (Å²) in [7, 11) is 0. The second-order valence-corrected chi connectivity index (χ2v) is 9.30. The minimum atomic E-state index is 0.647. The number of rotatable bonds is 3. The van der Waals surface area contributed by atoms with Crippen molar-refractivity contribution >= 4 is 46.4 Å². The summed E-state index contributed by atoms with van der Waals surface area (Å²) < 4.78 is 20.0. The van der Waals surface area contributed by atoms with Crippen molar-refractivity contribution in [1.29, 1.82) is 0 Å². The molecule has 0 amide bonds. The second-order valence-electron chi connectivity index (χ2n) is 9.30. The maximum atomic E-state index is 5.99. The van der Waals surface area contributed by atoms with Gasteiger partial charge in [-0.3, -0.25) is 4.57 Å². The molecule has 0 aliphatic carbocycles. The number of aromatic nitrogens is 4. The van der Waals surface area contributed by atoms with Gasteiger partial charge in [-0.15, -0.1) is 0 Å². The van der Waals surface area contributed by atoms with E-state index in [-0.39, 0.29) is 0 Å². The zero-order valence-corrected chi connectivity index (χ0v) is 20.5. The Bertz CT molecular complexity index is 1920. The van der Waals surface area contributed by atoms with Gasteiger partial charge < -0.3 is 18.2 Å². The van der Waals surface area contributed by atoms with Crippen molar-refractivity contribution in [1.82, 2.24) is 19.5 Å². The molecule has 6 aromatic rings. The molecular formula is C32H20N4O3. The molecule has 2 aliphatic heterocycles. The quantitative estimate of drug-likeness (QED) is 0.260. The van der Waals surface area contributed by atoms with E-state index in [4.69, 9.17) is 23.2 Å². The van der Waals surface area contributed by atoms with Crippen LogP contribution in [0, 0.1) is 0 Å². The molecule has 7 heteroatoms. The number of hydrogen-bond acceptors (Lipinski definition) is 5. The Morgan fingerprint density at radius 1 is 0.538 bits per heavy atom.